The second-order valence-corrected chi connectivity index (χ2v) is 8.43. The lowest BCUT2D eigenvalue weighted by Gasteiger charge is -2.21. The van der Waals surface area contributed by atoms with Crippen molar-refractivity contribution in [3.63, 3.8) is 0 Å². The summed E-state index contributed by atoms with van der Waals surface area (Å²) < 4.78 is 20.1. The van der Waals surface area contributed by atoms with Gasteiger partial charge >= 0.3 is 0 Å². The molecule has 0 unspecified atom stereocenters. The predicted molar refractivity (Wildman–Crippen MR) is 126 cm³/mol. The van der Waals surface area contributed by atoms with Gasteiger partial charge in [0.05, 0.1) is 5.03 Å². The number of rotatable bonds is 4. The summed E-state index contributed by atoms with van der Waals surface area (Å²) in [7, 11) is 4.03. The van der Waals surface area contributed by atoms with E-state index < -0.39 is 0 Å². The molecular weight excluding hydrogens is 409 g/mol. The van der Waals surface area contributed by atoms with Gasteiger partial charge in [-0.1, -0.05) is 77.8 Å². The molecule has 0 spiro atoms. The van der Waals surface area contributed by atoms with Crippen molar-refractivity contribution in [3.8, 4) is 5.75 Å². The van der Waals surface area contributed by atoms with Gasteiger partial charge in [-0.2, -0.15) is 0 Å². The third kappa shape index (κ3) is 4.58. The minimum atomic E-state index is -0.261. The molecule has 1 heterocycles. The summed E-state index contributed by atoms with van der Waals surface area (Å²) in [6.45, 7) is 2.77. The maximum atomic E-state index is 13.7. The van der Waals surface area contributed by atoms with Gasteiger partial charge in [0.15, 0.2) is 5.76 Å². The van der Waals surface area contributed by atoms with Gasteiger partial charge < -0.3 is 9.64 Å². The van der Waals surface area contributed by atoms with Gasteiger partial charge in [0.2, 0.25) is 0 Å². The minimum absolute atomic E-state index is 0.174. The number of para-hydroxylation sites is 1. The minimum Gasteiger partial charge on any atom is -0.455 e. The summed E-state index contributed by atoms with van der Waals surface area (Å²) in [6.07, 6.45) is 2.13. The quantitative estimate of drug-likeness (QED) is 0.451. The fraction of sp³-hybridized carbons (Fsp3) is 0.185. The molecule has 1 aliphatic heterocycles. The number of aryl methyl sites for hydroxylation is 1. The summed E-state index contributed by atoms with van der Waals surface area (Å²) in [5.74, 6) is 0.942. The van der Waals surface area contributed by atoms with E-state index in [0.717, 1.165) is 28.0 Å². The Morgan fingerprint density at radius 3 is 2.32 bits per heavy atom. The van der Waals surface area contributed by atoms with E-state index in [9.17, 15) is 4.39 Å². The van der Waals surface area contributed by atoms with Crippen molar-refractivity contribution in [2.45, 2.75) is 12.8 Å². The maximum absolute atomic E-state index is 13.7. The van der Waals surface area contributed by atoms with E-state index in [-0.39, 0.29) is 11.7 Å². The normalized spacial score (nSPS) is 17.5. The van der Waals surface area contributed by atoms with Crippen LogP contribution in [0.15, 0.2) is 89.5 Å². The molecule has 1 atom stereocenters. The standard InChI is InChI=1S/C27H25ClFNO/c1-18-8-10-20(11-9-18)27-26(28)23(16-17-30(2)3)25(19-12-14-21(29)15-13-19)22-6-4-5-7-24(22)31-27/h4-16,25H,17H2,1-3H3/b23-16-/t25-/m0/s1. The molecule has 0 amide bonds. The van der Waals surface area contributed by atoms with Crippen LogP contribution in [0, 0.1) is 12.7 Å². The number of benzene rings is 3. The number of fused-ring (bicyclic) bond motifs is 1. The molecular formula is C27H25ClFNO. The summed E-state index contributed by atoms with van der Waals surface area (Å²) in [6, 6.07) is 22.7. The zero-order valence-electron chi connectivity index (χ0n) is 17.9. The number of halogens is 2. The Morgan fingerprint density at radius 2 is 1.65 bits per heavy atom. The van der Waals surface area contributed by atoms with Crippen molar-refractivity contribution in [1.29, 1.82) is 0 Å². The molecule has 31 heavy (non-hydrogen) atoms. The van der Waals surface area contributed by atoms with E-state index in [1.165, 1.54) is 17.7 Å². The predicted octanol–water partition coefficient (Wildman–Crippen LogP) is 6.75. The molecule has 0 aromatic heterocycles. The Bertz CT molecular complexity index is 1130. The molecule has 2 nitrogen and oxygen atoms in total. The molecule has 0 bridgehead atoms. The zero-order valence-corrected chi connectivity index (χ0v) is 18.7. The van der Waals surface area contributed by atoms with Crippen LogP contribution in [0.4, 0.5) is 4.39 Å². The van der Waals surface area contributed by atoms with E-state index >= 15 is 0 Å². The molecule has 158 valence electrons. The highest BCUT2D eigenvalue weighted by atomic mass is 35.5. The van der Waals surface area contributed by atoms with Crippen LogP contribution in [0.25, 0.3) is 5.76 Å². The van der Waals surface area contributed by atoms with Gasteiger partial charge in [0.1, 0.15) is 11.6 Å². The van der Waals surface area contributed by atoms with E-state index in [4.69, 9.17) is 16.3 Å². The number of hydrogen-bond acceptors (Lipinski definition) is 2. The molecule has 0 saturated carbocycles. The van der Waals surface area contributed by atoms with Gasteiger partial charge in [0, 0.05) is 23.6 Å². The Morgan fingerprint density at radius 1 is 0.968 bits per heavy atom. The Balaban J connectivity index is 1.97. The molecule has 1 aliphatic rings. The number of allylic oxidation sites excluding steroid dienone is 2. The molecule has 0 saturated heterocycles. The van der Waals surface area contributed by atoms with E-state index in [0.29, 0.717) is 17.3 Å². The first kappa shape index (κ1) is 21.4. The molecule has 0 radical (unpaired) electrons. The fourth-order valence-electron chi connectivity index (χ4n) is 3.79. The highest BCUT2D eigenvalue weighted by molar-refractivity contribution is 6.35. The van der Waals surface area contributed by atoms with Gasteiger partial charge in [-0.15, -0.1) is 0 Å². The van der Waals surface area contributed by atoms with Crippen LogP contribution >= 0.6 is 11.6 Å². The third-order valence-corrected chi connectivity index (χ3v) is 5.79. The van der Waals surface area contributed by atoms with Gasteiger partial charge in [-0.25, -0.2) is 4.39 Å². The van der Waals surface area contributed by atoms with Crippen LogP contribution in [0.1, 0.15) is 28.2 Å². The highest BCUT2D eigenvalue weighted by Gasteiger charge is 2.30. The van der Waals surface area contributed by atoms with E-state index in [1.54, 1.807) is 0 Å². The second kappa shape index (κ2) is 9.09. The van der Waals surface area contributed by atoms with Crippen molar-refractivity contribution < 1.29 is 9.13 Å². The van der Waals surface area contributed by atoms with E-state index in [1.807, 2.05) is 68.7 Å². The summed E-state index contributed by atoms with van der Waals surface area (Å²) >= 11 is 7.07. The lowest BCUT2D eigenvalue weighted by atomic mass is 9.83. The molecule has 0 fully saturated rings. The molecule has 3 aromatic carbocycles. The highest BCUT2D eigenvalue weighted by Crippen LogP contribution is 2.47. The second-order valence-electron chi connectivity index (χ2n) is 8.06. The van der Waals surface area contributed by atoms with Gasteiger partial charge in [-0.05, 0) is 50.4 Å². The Kier molecular flexibility index (Phi) is 6.26. The molecule has 3 aromatic rings. The first-order chi connectivity index (χ1) is 14.9. The first-order valence-electron chi connectivity index (χ1n) is 10.3. The third-order valence-electron chi connectivity index (χ3n) is 5.40. The van der Waals surface area contributed by atoms with Crippen molar-refractivity contribution >= 4 is 17.4 Å². The number of nitrogens with zero attached hydrogens (tertiary/aromatic N) is 1. The lowest BCUT2D eigenvalue weighted by molar-refractivity contribution is 0.455. The average molecular weight is 434 g/mol. The molecule has 0 N–H and O–H groups in total. The van der Waals surface area contributed by atoms with Crippen molar-refractivity contribution in [2.75, 3.05) is 20.6 Å². The largest absolute Gasteiger partial charge is 0.455 e. The Labute approximate surface area is 188 Å². The van der Waals surface area contributed by atoms with Crippen LogP contribution in [-0.4, -0.2) is 25.5 Å². The van der Waals surface area contributed by atoms with Gasteiger partial charge in [0.25, 0.3) is 0 Å². The number of likely N-dealkylation sites (N-methyl/N-ethyl adjacent to an activating group) is 1. The van der Waals surface area contributed by atoms with Crippen molar-refractivity contribution in [3.05, 3.63) is 118 Å². The summed E-state index contributed by atoms with van der Waals surface area (Å²) in [5, 5.41) is 0.566. The molecule has 4 rings (SSSR count). The SMILES string of the molecule is Cc1ccc(C2=C(Cl)/C(=C\CN(C)C)[C@@H](c3ccc(F)cc3)c3ccccc3O2)cc1. The smallest absolute Gasteiger partial charge is 0.153 e. The monoisotopic (exact) mass is 433 g/mol. The average Bonchev–Trinajstić information content (AvgIpc) is 2.88. The first-order valence-corrected chi connectivity index (χ1v) is 10.7. The van der Waals surface area contributed by atoms with Crippen LogP contribution in [0.5, 0.6) is 5.75 Å². The maximum Gasteiger partial charge on any atom is 0.153 e. The number of hydrogen-bond donors (Lipinski definition) is 0. The van der Waals surface area contributed by atoms with Crippen LogP contribution in [-0.2, 0) is 0 Å². The molecule has 4 heteroatoms. The van der Waals surface area contributed by atoms with Crippen molar-refractivity contribution in [2.24, 2.45) is 0 Å². The van der Waals surface area contributed by atoms with Crippen LogP contribution in [0.2, 0.25) is 0 Å². The number of ether oxygens (including phenoxy) is 1. The zero-order chi connectivity index (χ0) is 22.0. The topological polar surface area (TPSA) is 12.5 Å². The Hall–Kier alpha value is -2.88. The molecule has 0 aliphatic carbocycles. The van der Waals surface area contributed by atoms with Crippen molar-refractivity contribution in [1.82, 2.24) is 4.90 Å². The fourth-order valence-corrected chi connectivity index (χ4v) is 4.12. The van der Waals surface area contributed by atoms with E-state index in [2.05, 4.69) is 24.0 Å². The van der Waals surface area contributed by atoms with Crippen LogP contribution < -0.4 is 4.74 Å². The van der Waals surface area contributed by atoms with Gasteiger partial charge in [-0.3, -0.25) is 0 Å². The van der Waals surface area contributed by atoms with Crippen LogP contribution in [0.3, 0.4) is 0 Å². The summed E-state index contributed by atoms with van der Waals surface area (Å²) in [5.41, 5.74) is 5.00. The lowest BCUT2D eigenvalue weighted by Crippen LogP contribution is -2.13. The summed E-state index contributed by atoms with van der Waals surface area (Å²) in [4.78, 5) is 2.09.